The molecular formula is C15H19N3O2. The first kappa shape index (κ1) is 14.1. The number of fused-ring (bicyclic) bond motifs is 1. The van der Waals surface area contributed by atoms with Crippen LogP contribution >= 0.6 is 0 Å². The number of aromatic amines is 1. The fourth-order valence-corrected chi connectivity index (χ4v) is 2.01. The van der Waals surface area contributed by atoms with Crippen molar-refractivity contribution in [3.63, 3.8) is 0 Å². The minimum atomic E-state index is -0.165. The van der Waals surface area contributed by atoms with Crippen LogP contribution in [0.15, 0.2) is 30.5 Å². The minimum Gasteiger partial charge on any atom is -0.361 e. The third-order valence-corrected chi connectivity index (χ3v) is 3.04. The number of hydrogen-bond acceptors (Lipinski definition) is 2. The largest absolute Gasteiger partial charge is 0.361 e. The van der Waals surface area contributed by atoms with Crippen molar-refractivity contribution in [3.05, 3.63) is 36.0 Å². The Morgan fingerprint density at radius 2 is 2.00 bits per heavy atom. The summed E-state index contributed by atoms with van der Waals surface area (Å²) >= 11 is 0. The van der Waals surface area contributed by atoms with Crippen LogP contribution in [0.1, 0.15) is 30.1 Å². The summed E-state index contributed by atoms with van der Waals surface area (Å²) in [4.78, 5) is 26.6. The molecule has 0 bridgehead atoms. The molecule has 0 saturated carbocycles. The second-order valence-electron chi connectivity index (χ2n) is 4.60. The second kappa shape index (κ2) is 6.75. The van der Waals surface area contributed by atoms with Crippen molar-refractivity contribution in [2.45, 2.75) is 19.8 Å². The smallest absolute Gasteiger partial charge is 0.253 e. The molecule has 0 atom stereocenters. The molecule has 1 heterocycles. The fraction of sp³-hybridized carbons (Fsp3) is 0.333. The van der Waals surface area contributed by atoms with Gasteiger partial charge in [-0.25, -0.2) is 0 Å². The highest BCUT2D eigenvalue weighted by Crippen LogP contribution is 2.16. The van der Waals surface area contributed by atoms with E-state index in [9.17, 15) is 9.59 Å². The molecule has 0 fully saturated rings. The van der Waals surface area contributed by atoms with Gasteiger partial charge in [0.2, 0.25) is 5.91 Å². The number of benzene rings is 1. The second-order valence-corrected chi connectivity index (χ2v) is 4.60. The van der Waals surface area contributed by atoms with E-state index in [0.717, 1.165) is 17.3 Å². The lowest BCUT2D eigenvalue weighted by Gasteiger charge is -2.07. The van der Waals surface area contributed by atoms with Crippen molar-refractivity contribution in [2.24, 2.45) is 0 Å². The number of H-pyrrole nitrogens is 1. The normalized spacial score (nSPS) is 10.4. The highest BCUT2D eigenvalue weighted by molar-refractivity contribution is 6.05. The maximum atomic E-state index is 12.1. The SMILES string of the molecule is CCCNC(=O)CCNC(=O)c1cccc2cc[nH]c12. The Bertz CT molecular complexity index is 604. The Labute approximate surface area is 117 Å². The van der Waals surface area contributed by atoms with Gasteiger partial charge in [-0.2, -0.15) is 0 Å². The van der Waals surface area contributed by atoms with E-state index in [1.165, 1.54) is 0 Å². The Kier molecular flexibility index (Phi) is 4.76. The topological polar surface area (TPSA) is 74.0 Å². The molecule has 5 nitrogen and oxygen atoms in total. The van der Waals surface area contributed by atoms with Gasteiger partial charge < -0.3 is 15.6 Å². The van der Waals surface area contributed by atoms with Crippen LogP contribution in [0.5, 0.6) is 0 Å². The molecule has 0 saturated heterocycles. The van der Waals surface area contributed by atoms with Crippen molar-refractivity contribution in [1.82, 2.24) is 15.6 Å². The number of carbonyl (C=O) groups is 2. The first-order chi connectivity index (χ1) is 9.72. The summed E-state index contributed by atoms with van der Waals surface area (Å²) in [6, 6.07) is 7.48. The summed E-state index contributed by atoms with van der Waals surface area (Å²) in [5, 5.41) is 6.54. The molecule has 106 valence electrons. The zero-order chi connectivity index (χ0) is 14.4. The molecule has 0 aliphatic rings. The molecule has 2 rings (SSSR count). The van der Waals surface area contributed by atoms with E-state index < -0.39 is 0 Å². The number of aromatic nitrogens is 1. The third kappa shape index (κ3) is 3.38. The van der Waals surface area contributed by atoms with Crippen LogP contribution in [0.25, 0.3) is 10.9 Å². The highest BCUT2D eigenvalue weighted by atomic mass is 16.2. The van der Waals surface area contributed by atoms with Gasteiger partial charge in [0.1, 0.15) is 0 Å². The highest BCUT2D eigenvalue weighted by Gasteiger charge is 2.10. The van der Waals surface area contributed by atoms with Crippen LogP contribution in [0, 0.1) is 0 Å². The molecular weight excluding hydrogens is 254 g/mol. The van der Waals surface area contributed by atoms with Crippen LogP contribution < -0.4 is 10.6 Å². The summed E-state index contributed by atoms with van der Waals surface area (Å²) in [5.41, 5.74) is 1.42. The Balaban J connectivity index is 1.89. The zero-order valence-corrected chi connectivity index (χ0v) is 11.5. The molecule has 5 heteroatoms. The van der Waals surface area contributed by atoms with E-state index in [1.54, 1.807) is 12.3 Å². The quantitative estimate of drug-likeness (QED) is 0.751. The Hall–Kier alpha value is -2.30. The van der Waals surface area contributed by atoms with E-state index in [4.69, 9.17) is 0 Å². The molecule has 20 heavy (non-hydrogen) atoms. The molecule has 1 aromatic carbocycles. The lowest BCUT2D eigenvalue weighted by molar-refractivity contribution is -0.120. The molecule has 0 aliphatic carbocycles. The van der Waals surface area contributed by atoms with Gasteiger partial charge in [0.15, 0.2) is 0 Å². The Morgan fingerprint density at radius 1 is 1.15 bits per heavy atom. The van der Waals surface area contributed by atoms with Gasteiger partial charge >= 0.3 is 0 Å². The van der Waals surface area contributed by atoms with E-state index in [0.29, 0.717) is 25.1 Å². The summed E-state index contributed by atoms with van der Waals surface area (Å²) in [7, 11) is 0. The number of nitrogens with one attached hydrogen (secondary N) is 3. The van der Waals surface area contributed by atoms with E-state index in [-0.39, 0.29) is 11.8 Å². The van der Waals surface area contributed by atoms with Gasteiger partial charge in [0.05, 0.1) is 11.1 Å². The van der Waals surface area contributed by atoms with Crippen LogP contribution in [0.3, 0.4) is 0 Å². The zero-order valence-electron chi connectivity index (χ0n) is 11.5. The van der Waals surface area contributed by atoms with Gasteiger partial charge in [-0.3, -0.25) is 9.59 Å². The molecule has 0 spiro atoms. The molecule has 0 aliphatic heterocycles. The van der Waals surface area contributed by atoms with Crippen LogP contribution in [-0.2, 0) is 4.79 Å². The first-order valence-electron chi connectivity index (χ1n) is 6.83. The fourth-order valence-electron chi connectivity index (χ4n) is 2.01. The standard InChI is InChI=1S/C15H19N3O2/c1-2-8-16-13(19)7-10-18-15(20)12-5-3-4-11-6-9-17-14(11)12/h3-6,9,17H,2,7-8,10H2,1H3,(H,16,19)(H,18,20). The van der Waals surface area contributed by atoms with Gasteiger partial charge in [-0.1, -0.05) is 19.1 Å². The monoisotopic (exact) mass is 273 g/mol. The molecule has 3 N–H and O–H groups in total. The lowest BCUT2D eigenvalue weighted by atomic mass is 10.1. The first-order valence-corrected chi connectivity index (χ1v) is 6.83. The maximum Gasteiger partial charge on any atom is 0.253 e. The predicted molar refractivity (Wildman–Crippen MR) is 78.5 cm³/mol. The molecule has 0 radical (unpaired) electrons. The van der Waals surface area contributed by atoms with Crippen molar-refractivity contribution in [3.8, 4) is 0 Å². The number of para-hydroxylation sites is 1. The average Bonchev–Trinajstić information content (AvgIpc) is 2.93. The van der Waals surface area contributed by atoms with Gasteiger partial charge in [0, 0.05) is 31.1 Å². The lowest BCUT2D eigenvalue weighted by Crippen LogP contribution is -2.31. The molecule has 1 aromatic heterocycles. The summed E-state index contributed by atoms with van der Waals surface area (Å²) in [5.74, 6) is -0.202. The molecule has 2 aromatic rings. The van der Waals surface area contributed by atoms with E-state index in [1.807, 2.05) is 25.1 Å². The summed E-state index contributed by atoms with van der Waals surface area (Å²) < 4.78 is 0. The summed E-state index contributed by atoms with van der Waals surface area (Å²) in [6.07, 6.45) is 3.01. The number of hydrogen-bond donors (Lipinski definition) is 3. The van der Waals surface area contributed by atoms with Crippen molar-refractivity contribution in [1.29, 1.82) is 0 Å². The van der Waals surface area contributed by atoms with Crippen LogP contribution in [0.4, 0.5) is 0 Å². The Morgan fingerprint density at radius 3 is 2.80 bits per heavy atom. The number of amides is 2. The molecule has 2 amide bonds. The van der Waals surface area contributed by atoms with Crippen molar-refractivity contribution in [2.75, 3.05) is 13.1 Å². The summed E-state index contributed by atoms with van der Waals surface area (Å²) in [6.45, 7) is 3.01. The van der Waals surface area contributed by atoms with Crippen molar-refractivity contribution < 1.29 is 9.59 Å². The third-order valence-electron chi connectivity index (χ3n) is 3.04. The van der Waals surface area contributed by atoms with Crippen molar-refractivity contribution >= 4 is 22.7 Å². The van der Waals surface area contributed by atoms with Gasteiger partial charge in [0.25, 0.3) is 5.91 Å². The maximum absolute atomic E-state index is 12.1. The number of rotatable bonds is 6. The minimum absolute atomic E-state index is 0.0368. The van der Waals surface area contributed by atoms with E-state index >= 15 is 0 Å². The predicted octanol–water partition coefficient (Wildman–Crippen LogP) is 1.81. The van der Waals surface area contributed by atoms with E-state index in [2.05, 4.69) is 15.6 Å². The van der Waals surface area contributed by atoms with Gasteiger partial charge in [-0.15, -0.1) is 0 Å². The number of carbonyl (C=O) groups excluding carboxylic acids is 2. The van der Waals surface area contributed by atoms with Crippen LogP contribution in [0.2, 0.25) is 0 Å². The van der Waals surface area contributed by atoms with Gasteiger partial charge in [-0.05, 0) is 18.6 Å². The average molecular weight is 273 g/mol. The van der Waals surface area contributed by atoms with Crippen LogP contribution in [-0.4, -0.2) is 29.9 Å². The molecule has 0 unspecified atom stereocenters.